The van der Waals surface area contributed by atoms with Crippen molar-refractivity contribution in [2.75, 3.05) is 32.9 Å². The fraction of sp³-hybridized carbons (Fsp3) is 0.316. The van der Waals surface area contributed by atoms with Gasteiger partial charge in [0.1, 0.15) is 41.8 Å². The summed E-state index contributed by atoms with van der Waals surface area (Å²) in [6.45, 7) is 7.51. The lowest BCUT2D eigenvalue weighted by atomic mass is 9.92. The molecule has 0 spiro atoms. The van der Waals surface area contributed by atoms with Gasteiger partial charge in [-0.3, -0.25) is 0 Å². The first-order valence-electron chi connectivity index (χ1n) is 16.4. The summed E-state index contributed by atoms with van der Waals surface area (Å²) < 4.78 is 37.7. The van der Waals surface area contributed by atoms with Crippen LogP contribution in [0.2, 0.25) is 0 Å². The number of nitrogens with zero attached hydrogens (tertiary/aromatic N) is 3. The maximum atomic E-state index is 14.4. The van der Waals surface area contributed by atoms with Crippen LogP contribution in [0.15, 0.2) is 78.2 Å². The molecule has 2 amide bonds. The minimum Gasteiger partial charge on any atom is -0.490 e. The second kappa shape index (κ2) is 15.6. The topological polar surface area (TPSA) is 112 Å². The van der Waals surface area contributed by atoms with E-state index in [1.807, 2.05) is 60.0 Å². The molecule has 0 aliphatic carbocycles. The van der Waals surface area contributed by atoms with Crippen LogP contribution < -0.4 is 10.1 Å². The van der Waals surface area contributed by atoms with E-state index in [0.717, 1.165) is 38.0 Å². The Hall–Kier alpha value is -5.07. The van der Waals surface area contributed by atoms with E-state index in [-0.39, 0.29) is 39.1 Å². The third kappa shape index (κ3) is 8.55. The van der Waals surface area contributed by atoms with Crippen molar-refractivity contribution in [1.82, 2.24) is 20.4 Å². The van der Waals surface area contributed by atoms with Crippen molar-refractivity contribution in [3.8, 4) is 28.3 Å². The number of amides is 2. The Labute approximate surface area is 294 Å². The van der Waals surface area contributed by atoms with E-state index in [1.165, 1.54) is 23.5 Å². The van der Waals surface area contributed by atoms with Crippen LogP contribution >= 0.6 is 11.3 Å². The Bertz CT molecular complexity index is 1960. The Balaban J connectivity index is 1.13. The molecule has 0 radical (unpaired) electrons. The van der Waals surface area contributed by atoms with Crippen molar-refractivity contribution in [1.29, 1.82) is 0 Å². The summed E-state index contributed by atoms with van der Waals surface area (Å²) in [5.74, 6) is -0.110. The largest absolute Gasteiger partial charge is 0.490 e. The number of hydrogen-bond donors (Lipinski definition) is 1. The van der Waals surface area contributed by atoms with Crippen LogP contribution in [0, 0.1) is 5.82 Å². The van der Waals surface area contributed by atoms with Crippen molar-refractivity contribution in [2.45, 2.75) is 45.9 Å². The maximum absolute atomic E-state index is 14.4. The van der Waals surface area contributed by atoms with Gasteiger partial charge in [-0.15, -0.1) is 21.5 Å². The van der Waals surface area contributed by atoms with Crippen LogP contribution in [-0.2, 0) is 33.8 Å². The summed E-state index contributed by atoms with van der Waals surface area (Å²) in [5.41, 5.74) is 5.45. The Morgan fingerprint density at radius 2 is 1.76 bits per heavy atom. The van der Waals surface area contributed by atoms with Crippen molar-refractivity contribution in [2.24, 2.45) is 0 Å². The fourth-order valence-corrected chi connectivity index (χ4v) is 6.61. The average molecular weight is 699 g/mol. The molecule has 0 atom stereocenters. The number of fused-ring (bicyclic) bond motifs is 2. The van der Waals surface area contributed by atoms with Crippen LogP contribution in [0.1, 0.15) is 37.5 Å². The molecule has 3 heterocycles. The van der Waals surface area contributed by atoms with Gasteiger partial charge in [-0.1, -0.05) is 48.5 Å². The van der Waals surface area contributed by atoms with Gasteiger partial charge in [-0.05, 0) is 67.5 Å². The number of nitrogens with one attached hydrogen (secondary N) is 1. The van der Waals surface area contributed by atoms with Crippen LogP contribution in [-0.4, -0.2) is 65.8 Å². The Morgan fingerprint density at radius 3 is 2.58 bits per heavy atom. The second-order valence-electron chi connectivity index (χ2n) is 12.7. The number of carbonyl (C=O) groups is 2. The lowest BCUT2D eigenvalue weighted by Crippen LogP contribution is -2.36. The number of ether oxygens (including phenoxy) is 4. The molecule has 1 aliphatic heterocycles. The minimum atomic E-state index is -0.577. The molecule has 6 rings (SSSR count). The maximum Gasteiger partial charge on any atom is 0.410 e. The zero-order valence-electron chi connectivity index (χ0n) is 28.2. The van der Waals surface area contributed by atoms with Crippen molar-refractivity contribution >= 4 is 33.6 Å². The van der Waals surface area contributed by atoms with E-state index in [9.17, 15) is 14.0 Å². The first-order valence-corrected chi connectivity index (χ1v) is 17.3. The standard InChI is InChI=1S/C38H39FN4O6S/c1-38(2,3)49-36(44)40-16-18-46-19-20-47-32-22-27(39)12-13-30(32)34-35-31(15-21-50-35)33(41-42-34)29-11-7-10-26-23-43(17-14-28(26)29)37(45)48-24-25-8-5-4-6-9-25/h4-13,15,21-22H,14,16-20,23-24H2,1-3H3,(H,40,44). The third-order valence-electron chi connectivity index (χ3n) is 7.97. The molecule has 0 saturated heterocycles. The molecular weight excluding hydrogens is 660 g/mol. The summed E-state index contributed by atoms with van der Waals surface area (Å²) in [4.78, 5) is 26.4. The number of alkyl carbamates (subject to hydrolysis) is 1. The van der Waals surface area contributed by atoms with E-state index in [4.69, 9.17) is 24.0 Å². The zero-order valence-corrected chi connectivity index (χ0v) is 29.1. The SMILES string of the molecule is CC(C)(C)OC(=O)NCCOCCOc1cc(F)ccc1-c1nnc(-c2cccc3c2CCN(C(=O)OCc2ccccc2)C3)c2ccsc12. The average Bonchev–Trinajstić information content (AvgIpc) is 3.60. The number of aromatic nitrogens is 2. The molecule has 1 N–H and O–H groups in total. The molecule has 50 heavy (non-hydrogen) atoms. The highest BCUT2D eigenvalue weighted by molar-refractivity contribution is 7.17. The van der Waals surface area contributed by atoms with E-state index in [0.29, 0.717) is 36.5 Å². The second-order valence-corrected chi connectivity index (χ2v) is 13.7. The molecule has 0 fully saturated rings. The van der Waals surface area contributed by atoms with E-state index in [2.05, 4.69) is 10.4 Å². The van der Waals surface area contributed by atoms with Gasteiger partial charge in [0.05, 0.1) is 17.9 Å². The van der Waals surface area contributed by atoms with Gasteiger partial charge in [0.25, 0.3) is 0 Å². The molecular formula is C38H39FN4O6S. The first kappa shape index (κ1) is 34.8. The highest BCUT2D eigenvalue weighted by Crippen LogP contribution is 2.41. The highest BCUT2D eigenvalue weighted by Gasteiger charge is 2.26. The Morgan fingerprint density at radius 1 is 0.940 bits per heavy atom. The van der Waals surface area contributed by atoms with Gasteiger partial charge in [0, 0.05) is 42.2 Å². The number of hydrogen-bond acceptors (Lipinski definition) is 9. The molecule has 0 unspecified atom stereocenters. The third-order valence-corrected chi connectivity index (χ3v) is 8.89. The molecule has 2 aromatic heterocycles. The number of thiophene rings is 1. The summed E-state index contributed by atoms with van der Waals surface area (Å²) in [6.07, 6.45) is -0.200. The van der Waals surface area contributed by atoms with Crippen LogP contribution in [0.3, 0.4) is 0 Å². The fourth-order valence-electron chi connectivity index (χ4n) is 5.71. The molecule has 1 aliphatic rings. The summed E-state index contributed by atoms with van der Waals surface area (Å²) in [6, 6.07) is 22.1. The summed E-state index contributed by atoms with van der Waals surface area (Å²) in [5, 5.41) is 14.9. The van der Waals surface area contributed by atoms with Gasteiger partial charge in [0.15, 0.2) is 0 Å². The molecule has 12 heteroatoms. The predicted molar refractivity (Wildman–Crippen MR) is 190 cm³/mol. The van der Waals surface area contributed by atoms with Crippen LogP contribution in [0.4, 0.5) is 14.0 Å². The number of benzene rings is 3. The Kier molecular flexibility index (Phi) is 10.9. The monoisotopic (exact) mass is 698 g/mol. The normalized spacial score (nSPS) is 12.8. The molecule has 0 saturated carbocycles. The van der Waals surface area contributed by atoms with Crippen LogP contribution in [0.5, 0.6) is 5.75 Å². The number of halogens is 1. The first-order chi connectivity index (χ1) is 24.2. The summed E-state index contributed by atoms with van der Waals surface area (Å²) in [7, 11) is 0. The van der Waals surface area contributed by atoms with Gasteiger partial charge in [-0.2, -0.15) is 0 Å². The summed E-state index contributed by atoms with van der Waals surface area (Å²) >= 11 is 1.53. The van der Waals surface area contributed by atoms with Gasteiger partial charge in [0.2, 0.25) is 0 Å². The van der Waals surface area contributed by atoms with E-state index in [1.54, 1.807) is 31.7 Å². The van der Waals surface area contributed by atoms with Crippen LogP contribution in [0.25, 0.3) is 32.6 Å². The quantitative estimate of drug-likeness (QED) is 0.139. The van der Waals surface area contributed by atoms with Gasteiger partial charge >= 0.3 is 12.2 Å². The number of carbonyl (C=O) groups excluding carboxylic acids is 2. The van der Waals surface area contributed by atoms with Crippen molar-refractivity contribution in [3.05, 3.63) is 101 Å². The molecule has 3 aromatic carbocycles. The minimum absolute atomic E-state index is 0.162. The molecule has 10 nitrogen and oxygen atoms in total. The lowest BCUT2D eigenvalue weighted by Gasteiger charge is -2.29. The zero-order chi connectivity index (χ0) is 35.1. The molecule has 5 aromatic rings. The van der Waals surface area contributed by atoms with Gasteiger partial charge < -0.3 is 29.2 Å². The molecule has 260 valence electrons. The van der Waals surface area contributed by atoms with Crippen molar-refractivity contribution in [3.63, 3.8) is 0 Å². The van der Waals surface area contributed by atoms with E-state index < -0.39 is 17.5 Å². The van der Waals surface area contributed by atoms with Gasteiger partial charge in [-0.25, -0.2) is 14.0 Å². The predicted octanol–water partition coefficient (Wildman–Crippen LogP) is 7.78. The van der Waals surface area contributed by atoms with E-state index >= 15 is 0 Å². The lowest BCUT2D eigenvalue weighted by molar-refractivity contribution is 0.0488. The van der Waals surface area contributed by atoms with Crippen molar-refractivity contribution < 1.29 is 32.9 Å². The highest BCUT2D eigenvalue weighted by atomic mass is 32.1. The smallest absolute Gasteiger partial charge is 0.410 e. The molecule has 0 bridgehead atoms. The number of rotatable bonds is 11.